The highest BCUT2D eigenvalue weighted by molar-refractivity contribution is 5.76. The zero-order valence-corrected chi connectivity index (χ0v) is 44.5. The highest BCUT2D eigenvalue weighted by Gasteiger charge is 2.44. The van der Waals surface area contributed by atoms with Crippen molar-refractivity contribution in [1.29, 1.82) is 0 Å². The fraction of sp³-hybridized carbons (Fsp3) is 0.721. The summed E-state index contributed by atoms with van der Waals surface area (Å²) in [7, 11) is 0. The van der Waals surface area contributed by atoms with Crippen LogP contribution in [0.1, 0.15) is 226 Å². The molecule has 0 saturated carbocycles. The van der Waals surface area contributed by atoms with Crippen LogP contribution >= 0.6 is 0 Å². The molecule has 9 nitrogen and oxygen atoms in total. The smallest absolute Gasteiger partial charge is 0.220 e. The number of nitrogens with one attached hydrogen (secondary N) is 1. The Bertz CT molecular complexity index is 1420. The maximum atomic E-state index is 13.0. The van der Waals surface area contributed by atoms with Crippen molar-refractivity contribution < 1.29 is 39.8 Å². The first-order chi connectivity index (χ1) is 34.3. The molecule has 1 aliphatic rings. The summed E-state index contributed by atoms with van der Waals surface area (Å²) in [5, 5.41) is 54.4. The minimum absolute atomic E-state index is 0.208. The predicted molar refractivity (Wildman–Crippen MR) is 294 cm³/mol. The standard InChI is InChI=1S/C61H105NO8/c1-3-5-7-9-11-13-15-17-19-21-23-24-25-26-27-28-29-30-31-33-34-36-38-40-42-44-46-48-50-55(64)54(53-69-61-60(68)59(67)58(66)56(52-63)70-61)62-57(65)51-49-47-45-43-41-39-37-35-32-22-20-18-16-14-12-10-8-6-4-2/h6,8,12,14,18,20,32,35,39-42,45,47-48,50,54-56,58-61,63-64,66-68H,3-5,7,9-11,13,15-17,19,21-31,33-34,36-38,43-44,46,49,51-53H2,1-2H3,(H,62,65)/b8-6-,14-12-,20-18-,35-32-,41-39-,42-40+,47-45-,50-48+. The van der Waals surface area contributed by atoms with Crippen molar-refractivity contribution in [2.45, 2.75) is 269 Å². The summed E-state index contributed by atoms with van der Waals surface area (Å²) in [5.74, 6) is -0.271. The average Bonchev–Trinajstić information content (AvgIpc) is 3.36. The number of ether oxygens (including phenoxy) is 2. The second-order valence-electron chi connectivity index (χ2n) is 19.3. The third-order valence-electron chi connectivity index (χ3n) is 12.9. The Morgan fingerprint density at radius 3 is 1.36 bits per heavy atom. The fourth-order valence-electron chi connectivity index (χ4n) is 8.43. The summed E-state index contributed by atoms with van der Waals surface area (Å²) < 4.78 is 11.2. The van der Waals surface area contributed by atoms with Crippen molar-refractivity contribution in [2.75, 3.05) is 13.2 Å². The lowest BCUT2D eigenvalue weighted by atomic mass is 9.99. The lowest BCUT2D eigenvalue weighted by Crippen LogP contribution is -2.60. The Morgan fingerprint density at radius 2 is 0.900 bits per heavy atom. The minimum atomic E-state index is -1.59. The van der Waals surface area contributed by atoms with Crippen LogP contribution in [-0.4, -0.2) is 87.5 Å². The lowest BCUT2D eigenvalue weighted by Gasteiger charge is -2.40. The number of allylic oxidation sites excluding steroid dienone is 15. The molecule has 9 heteroatoms. The minimum Gasteiger partial charge on any atom is -0.394 e. The molecule has 7 unspecified atom stereocenters. The highest BCUT2D eigenvalue weighted by Crippen LogP contribution is 2.23. The van der Waals surface area contributed by atoms with Crippen molar-refractivity contribution in [3.63, 3.8) is 0 Å². The number of unbranched alkanes of at least 4 members (excludes halogenated alkanes) is 23. The summed E-state index contributed by atoms with van der Waals surface area (Å²) in [5.41, 5.74) is 0. The molecule has 70 heavy (non-hydrogen) atoms. The van der Waals surface area contributed by atoms with Gasteiger partial charge in [0.2, 0.25) is 5.91 Å². The molecule has 1 fully saturated rings. The molecule has 0 bridgehead atoms. The predicted octanol–water partition coefficient (Wildman–Crippen LogP) is 14.0. The lowest BCUT2D eigenvalue weighted by molar-refractivity contribution is -0.302. The van der Waals surface area contributed by atoms with E-state index in [1.807, 2.05) is 18.2 Å². The van der Waals surface area contributed by atoms with Crippen LogP contribution in [0, 0.1) is 0 Å². The second kappa shape index (κ2) is 49.7. The van der Waals surface area contributed by atoms with E-state index in [9.17, 15) is 30.3 Å². The summed E-state index contributed by atoms with van der Waals surface area (Å²) >= 11 is 0. The normalized spacial score (nSPS) is 20.1. The summed E-state index contributed by atoms with van der Waals surface area (Å²) in [4.78, 5) is 13.0. The van der Waals surface area contributed by atoms with E-state index in [1.54, 1.807) is 6.08 Å². The number of carbonyl (C=O) groups excluding carboxylic acids is 1. The van der Waals surface area contributed by atoms with Crippen molar-refractivity contribution in [3.8, 4) is 0 Å². The number of carbonyl (C=O) groups is 1. The van der Waals surface area contributed by atoms with Gasteiger partial charge < -0.3 is 40.3 Å². The third-order valence-corrected chi connectivity index (χ3v) is 12.9. The molecule has 7 atom stereocenters. The Hall–Kier alpha value is -2.89. The maximum absolute atomic E-state index is 13.0. The molecule has 1 amide bonds. The molecule has 0 aromatic carbocycles. The van der Waals surface area contributed by atoms with Gasteiger partial charge in [-0.25, -0.2) is 0 Å². The van der Waals surface area contributed by atoms with Crippen LogP contribution < -0.4 is 5.32 Å². The van der Waals surface area contributed by atoms with E-state index in [0.29, 0.717) is 6.42 Å². The van der Waals surface area contributed by atoms with E-state index in [2.05, 4.69) is 92.1 Å². The zero-order chi connectivity index (χ0) is 50.8. The topological polar surface area (TPSA) is 149 Å². The van der Waals surface area contributed by atoms with Gasteiger partial charge in [-0.15, -0.1) is 0 Å². The second-order valence-corrected chi connectivity index (χ2v) is 19.3. The molecule has 1 heterocycles. The Labute approximate surface area is 428 Å². The van der Waals surface area contributed by atoms with Gasteiger partial charge >= 0.3 is 0 Å². The van der Waals surface area contributed by atoms with Gasteiger partial charge in [-0.05, 0) is 70.6 Å². The first kappa shape index (κ1) is 65.1. The number of hydrogen-bond acceptors (Lipinski definition) is 8. The Morgan fingerprint density at radius 1 is 0.500 bits per heavy atom. The molecule has 1 aliphatic heterocycles. The summed E-state index contributed by atoms with van der Waals surface area (Å²) in [6, 6.07) is -0.870. The molecule has 1 saturated heterocycles. The van der Waals surface area contributed by atoms with E-state index in [-0.39, 0.29) is 18.9 Å². The first-order valence-corrected chi connectivity index (χ1v) is 28.5. The Balaban J connectivity index is 2.30. The van der Waals surface area contributed by atoms with Crippen LogP contribution in [0.3, 0.4) is 0 Å². The zero-order valence-electron chi connectivity index (χ0n) is 44.5. The Kier molecular flexibility index (Phi) is 46.2. The van der Waals surface area contributed by atoms with E-state index in [4.69, 9.17) is 9.47 Å². The van der Waals surface area contributed by atoms with Gasteiger partial charge in [0.25, 0.3) is 0 Å². The van der Waals surface area contributed by atoms with E-state index in [1.165, 1.54) is 141 Å². The van der Waals surface area contributed by atoms with E-state index < -0.39 is 49.5 Å². The molecule has 0 aliphatic carbocycles. The van der Waals surface area contributed by atoms with Gasteiger partial charge in [0.1, 0.15) is 24.4 Å². The fourth-order valence-corrected chi connectivity index (χ4v) is 8.43. The van der Waals surface area contributed by atoms with Crippen molar-refractivity contribution in [1.82, 2.24) is 5.32 Å². The van der Waals surface area contributed by atoms with Gasteiger partial charge in [0.05, 0.1) is 25.4 Å². The number of amides is 1. The molecule has 0 radical (unpaired) electrons. The van der Waals surface area contributed by atoms with Crippen LogP contribution in [-0.2, 0) is 14.3 Å². The SMILES string of the molecule is CC/C=C\C/C=C\C/C=C\C/C=C\C/C=C\C/C=C\CCC(=O)NC(COC1OC(CO)C(O)C(O)C1O)C(O)/C=C/CC/C=C/CCCCCCCCCCCCCCCCCCCCCCCC. The summed E-state index contributed by atoms with van der Waals surface area (Å²) in [6.45, 7) is 3.61. The average molecular weight is 981 g/mol. The van der Waals surface area contributed by atoms with Crippen LogP contribution in [0.4, 0.5) is 0 Å². The molecule has 1 rings (SSSR count). The summed E-state index contributed by atoms with van der Waals surface area (Å²) in [6.07, 6.45) is 65.0. The largest absolute Gasteiger partial charge is 0.394 e. The monoisotopic (exact) mass is 980 g/mol. The molecular formula is C61H105NO8. The quantitative estimate of drug-likeness (QED) is 0.0261. The van der Waals surface area contributed by atoms with Crippen LogP contribution in [0.25, 0.3) is 0 Å². The first-order valence-electron chi connectivity index (χ1n) is 28.5. The number of hydrogen-bond donors (Lipinski definition) is 6. The van der Waals surface area contributed by atoms with Gasteiger partial charge in [-0.1, -0.05) is 246 Å². The van der Waals surface area contributed by atoms with Crippen molar-refractivity contribution in [2.24, 2.45) is 0 Å². The molecule has 0 aromatic heterocycles. The van der Waals surface area contributed by atoms with Crippen LogP contribution in [0.2, 0.25) is 0 Å². The van der Waals surface area contributed by atoms with Crippen LogP contribution in [0.15, 0.2) is 97.2 Å². The number of rotatable bonds is 47. The van der Waals surface area contributed by atoms with Gasteiger partial charge in [-0.3, -0.25) is 4.79 Å². The molecule has 402 valence electrons. The molecular weight excluding hydrogens is 875 g/mol. The van der Waals surface area contributed by atoms with E-state index >= 15 is 0 Å². The van der Waals surface area contributed by atoms with Crippen molar-refractivity contribution in [3.05, 3.63) is 97.2 Å². The van der Waals surface area contributed by atoms with Gasteiger partial charge in [0, 0.05) is 6.42 Å². The highest BCUT2D eigenvalue weighted by atomic mass is 16.7. The number of aliphatic hydroxyl groups excluding tert-OH is 5. The molecule has 0 aromatic rings. The molecule has 6 N–H and O–H groups in total. The maximum Gasteiger partial charge on any atom is 0.220 e. The van der Waals surface area contributed by atoms with Crippen molar-refractivity contribution >= 4 is 5.91 Å². The molecule has 0 spiro atoms. The van der Waals surface area contributed by atoms with Crippen LogP contribution in [0.5, 0.6) is 0 Å². The van der Waals surface area contributed by atoms with Gasteiger partial charge in [0.15, 0.2) is 6.29 Å². The van der Waals surface area contributed by atoms with E-state index in [0.717, 1.165) is 57.8 Å². The third kappa shape index (κ3) is 38.7. The van der Waals surface area contributed by atoms with Gasteiger partial charge in [-0.2, -0.15) is 0 Å². The number of aliphatic hydroxyl groups is 5.